The SMILES string of the molecule is Cc1cc2c(c(=O)n1C)C(c1cccnc1)C(C#N)=C(N)O2. The molecule has 1 aliphatic heterocycles. The first-order valence-electron chi connectivity index (χ1n) is 6.72. The molecule has 110 valence electrons. The highest BCUT2D eigenvalue weighted by Crippen LogP contribution is 2.39. The van der Waals surface area contributed by atoms with E-state index in [2.05, 4.69) is 11.1 Å². The fraction of sp³-hybridized carbons (Fsp3) is 0.188. The van der Waals surface area contributed by atoms with Gasteiger partial charge in [-0.3, -0.25) is 9.78 Å². The quantitative estimate of drug-likeness (QED) is 0.855. The van der Waals surface area contributed by atoms with E-state index in [0.29, 0.717) is 11.3 Å². The summed E-state index contributed by atoms with van der Waals surface area (Å²) in [6, 6.07) is 7.38. The molecule has 0 saturated heterocycles. The molecule has 3 rings (SSSR count). The van der Waals surface area contributed by atoms with Crippen molar-refractivity contribution in [2.45, 2.75) is 12.8 Å². The molecule has 0 fully saturated rings. The van der Waals surface area contributed by atoms with E-state index in [4.69, 9.17) is 10.5 Å². The predicted octanol–water partition coefficient (Wildman–Crippen LogP) is 1.31. The van der Waals surface area contributed by atoms with Crippen LogP contribution in [0.4, 0.5) is 0 Å². The van der Waals surface area contributed by atoms with Gasteiger partial charge in [-0.05, 0) is 18.6 Å². The number of hydrogen-bond donors (Lipinski definition) is 1. The molecule has 1 unspecified atom stereocenters. The zero-order valence-corrected chi connectivity index (χ0v) is 12.2. The van der Waals surface area contributed by atoms with Gasteiger partial charge in [0.05, 0.1) is 11.5 Å². The second-order valence-electron chi connectivity index (χ2n) is 5.14. The zero-order valence-electron chi connectivity index (χ0n) is 12.2. The number of aromatic nitrogens is 2. The Kier molecular flexibility index (Phi) is 3.18. The number of ether oxygens (including phenoxy) is 1. The molecular weight excluding hydrogens is 280 g/mol. The van der Waals surface area contributed by atoms with Gasteiger partial charge in [0.15, 0.2) is 0 Å². The van der Waals surface area contributed by atoms with E-state index in [1.54, 1.807) is 31.6 Å². The van der Waals surface area contributed by atoms with Gasteiger partial charge >= 0.3 is 0 Å². The Balaban J connectivity index is 2.36. The zero-order chi connectivity index (χ0) is 15.9. The fourth-order valence-electron chi connectivity index (χ4n) is 2.62. The van der Waals surface area contributed by atoms with Gasteiger partial charge in [0, 0.05) is 31.2 Å². The number of nitriles is 1. The Morgan fingerprint density at radius 1 is 1.50 bits per heavy atom. The summed E-state index contributed by atoms with van der Waals surface area (Å²) < 4.78 is 7.03. The highest BCUT2D eigenvalue weighted by atomic mass is 16.5. The largest absolute Gasteiger partial charge is 0.440 e. The van der Waals surface area contributed by atoms with Crippen LogP contribution in [-0.2, 0) is 7.05 Å². The molecule has 1 aliphatic rings. The standard InChI is InChI=1S/C16H14N4O2/c1-9-6-12-14(16(21)20(9)2)13(10-4-3-5-19-8-10)11(7-17)15(18)22-12/h3-6,8,13H,18H2,1-2H3. The molecular formula is C16H14N4O2. The summed E-state index contributed by atoms with van der Waals surface area (Å²) in [4.78, 5) is 16.7. The average molecular weight is 294 g/mol. The molecule has 0 spiro atoms. The molecule has 2 aromatic heterocycles. The van der Waals surface area contributed by atoms with Crippen LogP contribution < -0.4 is 16.0 Å². The molecule has 0 amide bonds. The van der Waals surface area contributed by atoms with Crippen molar-refractivity contribution in [2.24, 2.45) is 12.8 Å². The van der Waals surface area contributed by atoms with Gasteiger partial charge in [0.1, 0.15) is 17.4 Å². The molecule has 2 N–H and O–H groups in total. The number of pyridine rings is 2. The Morgan fingerprint density at radius 2 is 2.27 bits per heavy atom. The summed E-state index contributed by atoms with van der Waals surface area (Å²) in [6.07, 6.45) is 3.26. The van der Waals surface area contributed by atoms with Gasteiger partial charge in [0.2, 0.25) is 5.88 Å². The highest BCUT2D eigenvalue weighted by molar-refractivity contribution is 5.54. The van der Waals surface area contributed by atoms with Crippen molar-refractivity contribution in [3.05, 3.63) is 69.2 Å². The minimum atomic E-state index is -0.568. The van der Waals surface area contributed by atoms with Crippen LogP contribution in [0.3, 0.4) is 0 Å². The summed E-state index contributed by atoms with van der Waals surface area (Å²) in [5, 5.41) is 9.44. The van der Waals surface area contributed by atoms with E-state index in [1.807, 2.05) is 13.0 Å². The lowest BCUT2D eigenvalue weighted by Crippen LogP contribution is -2.31. The lowest BCUT2D eigenvalue weighted by Gasteiger charge is -2.26. The van der Waals surface area contributed by atoms with Crippen molar-refractivity contribution in [1.29, 1.82) is 5.26 Å². The number of aryl methyl sites for hydroxylation is 1. The number of nitrogens with zero attached hydrogens (tertiary/aromatic N) is 3. The minimum Gasteiger partial charge on any atom is -0.440 e. The number of rotatable bonds is 1. The van der Waals surface area contributed by atoms with Crippen LogP contribution in [0.15, 0.2) is 46.8 Å². The lowest BCUT2D eigenvalue weighted by atomic mass is 9.85. The molecule has 6 heteroatoms. The predicted molar refractivity (Wildman–Crippen MR) is 80.0 cm³/mol. The maximum absolute atomic E-state index is 12.7. The molecule has 0 radical (unpaired) electrons. The van der Waals surface area contributed by atoms with Crippen LogP contribution in [0, 0.1) is 18.3 Å². The van der Waals surface area contributed by atoms with Gasteiger partial charge in [-0.15, -0.1) is 0 Å². The van der Waals surface area contributed by atoms with Crippen LogP contribution in [-0.4, -0.2) is 9.55 Å². The van der Waals surface area contributed by atoms with Gasteiger partial charge in [-0.1, -0.05) is 6.07 Å². The third kappa shape index (κ3) is 1.95. The maximum Gasteiger partial charge on any atom is 0.258 e. The van der Waals surface area contributed by atoms with Crippen LogP contribution in [0.5, 0.6) is 5.75 Å². The van der Waals surface area contributed by atoms with E-state index < -0.39 is 5.92 Å². The van der Waals surface area contributed by atoms with E-state index in [0.717, 1.165) is 11.3 Å². The van der Waals surface area contributed by atoms with Crippen LogP contribution in [0.1, 0.15) is 22.7 Å². The smallest absolute Gasteiger partial charge is 0.258 e. The molecule has 3 heterocycles. The van der Waals surface area contributed by atoms with Crippen molar-refractivity contribution in [3.63, 3.8) is 0 Å². The first-order valence-corrected chi connectivity index (χ1v) is 6.72. The van der Waals surface area contributed by atoms with Crippen molar-refractivity contribution < 1.29 is 4.74 Å². The van der Waals surface area contributed by atoms with Crippen LogP contribution in [0.2, 0.25) is 0 Å². The summed E-state index contributed by atoms with van der Waals surface area (Å²) in [6.45, 7) is 1.81. The Labute approximate surface area is 127 Å². The molecule has 0 aliphatic carbocycles. The van der Waals surface area contributed by atoms with E-state index >= 15 is 0 Å². The van der Waals surface area contributed by atoms with E-state index in [1.165, 1.54) is 4.57 Å². The molecule has 6 nitrogen and oxygen atoms in total. The molecule has 1 atom stereocenters. The first kappa shape index (κ1) is 13.9. The van der Waals surface area contributed by atoms with E-state index in [9.17, 15) is 10.1 Å². The molecule has 22 heavy (non-hydrogen) atoms. The first-order chi connectivity index (χ1) is 10.5. The average Bonchev–Trinajstić information content (AvgIpc) is 2.52. The van der Waals surface area contributed by atoms with E-state index in [-0.39, 0.29) is 17.0 Å². The molecule has 2 aromatic rings. The van der Waals surface area contributed by atoms with Gasteiger partial charge in [-0.25, -0.2) is 0 Å². The maximum atomic E-state index is 12.7. The number of hydrogen-bond acceptors (Lipinski definition) is 5. The topological polar surface area (TPSA) is 93.9 Å². The normalized spacial score (nSPS) is 16.7. The third-order valence-corrected chi connectivity index (χ3v) is 3.87. The highest BCUT2D eigenvalue weighted by Gasteiger charge is 2.33. The molecule has 0 bridgehead atoms. The fourth-order valence-corrected chi connectivity index (χ4v) is 2.62. The van der Waals surface area contributed by atoms with Crippen LogP contribution >= 0.6 is 0 Å². The molecule has 0 saturated carbocycles. The lowest BCUT2D eigenvalue weighted by molar-refractivity contribution is 0.389. The molecule has 0 aromatic carbocycles. The van der Waals surface area contributed by atoms with Crippen molar-refractivity contribution in [3.8, 4) is 11.8 Å². The second-order valence-corrected chi connectivity index (χ2v) is 5.14. The monoisotopic (exact) mass is 294 g/mol. The Hall–Kier alpha value is -3.07. The number of nitrogens with two attached hydrogens (primary N) is 1. The van der Waals surface area contributed by atoms with Gasteiger partial charge in [0.25, 0.3) is 5.56 Å². The van der Waals surface area contributed by atoms with Gasteiger partial charge < -0.3 is 15.0 Å². The van der Waals surface area contributed by atoms with Crippen LogP contribution in [0.25, 0.3) is 0 Å². The minimum absolute atomic E-state index is 0.0245. The Bertz CT molecular complexity index is 875. The summed E-state index contributed by atoms with van der Waals surface area (Å²) >= 11 is 0. The second kappa shape index (κ2) is 5.04. The summed E-state index contributed by atoms with van der Waals surface area (Å²) in [5.74, 6) is -0.149. The summed E-state index contributed by atoms with van der Waals surface area (Å²) in [5.41, 5.74) is 7.79. The number of fused-ring (bicyclic) bond motifs is 1. The van der Waals surface area contributed by atoms with Gasteiger partial charge in [-0.2, -0.15) is 5.26 Å². The van der Waals surface area contributed by atoms with Crippen molar-refractivity contribution in [2.75, 3.05) is 0 Å². The number of allylic oxidation sites excluding steroid dienone is 1. The van der Waals surface area contributed by atoms with Crippen molar-refractivity contribution >= 4 is 0 Å². The third-order valence-electron chi connectivity index (χ3n) is 3.87. The Morgan fingerprint density at radius 3 is 2.91 bits per heavy atom. The van der Waals surface area contributed by atoms with Crippen molar-refractivity contribution in [1.82, 2.24) is 9.55 Å². The summed E-state index contributed by atoms with van der Waals surface area (Å²) in [7, 11) is 1.69.